The van der Waals surface area contributed by atoms with Crippen molar-refractivity contribution in [2.75, 3.05) is 18.5 Å². The number of aliphatic hydroxyl groups is 1. The Balaban J connectivity index is 1.33. The van der Waals surface area contributed by atoms with Crippen molar-refractivity contribution >= 4 is 17.2 Å². The van der Waals surface area contributed by atoms with Crippen LogP contribution in [0, 0.1) is 10.1 Å². The van der Waals surface area contributed by atoms with Crippen LogP contribution >= 0.6 is 0 Å². The SMILES string of the molecule is O=C1CC2(CCCC2)Oc2cc(OCC(O)CNc3ccc([N+](=O)[O-])cc3O)ccc21. The van der Waals surface area contributed by atoms with Gasteiger partial charge in [-0.2, -0.15) is 0 Å². The molecule has 1 atom stereocenters. The molecule has 4 rings (SSSR count). The first-order valence-corrected chi connectivity index (χ1v) is 10.2. The highest BCUT2D eigenvalue weighted by Gasteiger charge is 2.42. The molecule has 1 aliphatic carbocycles. The fraction of sp³-hybridized carbons (Fsp3) is 0.409. The number of carbonyl (C=O) groups excluding carboxylic acids is 1. The molecule has 1 heterocycles. The molecule has 1 saturated carbocycles. The molecule has 1 unspecified atom stereocenters. The summed E-state index contributed by atoms with van der Waals surface area (Å²) in [7, 11) is 0. The fourth-order valence-electron chi connectivity index (χ4n) is 4.12. The first-order valence-electron chi connectivity index (χ1n) is 10.2. The van der Waals surface area contributed by atoms with Crippen molar-refractivity contribution in [2.45, 2.75) is 43.8 Å². The molecule has 31 heavy (non-hydrogen) atoms. The van der Waals surface area contributed by atoms with E-state index < -0.39 is 11.0 Å². The average Bonchev–Trinajstić information content (AvgIpc) is 3.18. The lowest BCUT2D eigenvalue weighted by Crippen LogP contribution is -2.39. The number of fused-ring (bicyclic) bond motifs is 1. The van der Waals surface area contributed by atoms with Gasteiger partial charge in [-0.15, -0.1) is 0 Å². The number of non-ortho nitro benzene ring substituents is 1. The molecule has 164 valence electrons. The molecular weight excluding hydrogens is 404 g/mol. The summed E-state index contributed by atoms with van der Waals surface area (Å²) in [5, 5.41) is 33.6. The molecular formula is C22H24N2O7. The molecule has 2 aromatic rings. The van der Waals surface area contributed by atoms with E-state index in [0.717, 1.165) is 31.7 Å². The lowest BCUT2D eigenvalue weighted by atomic mass is 9.88. The van der Waals surface area contributed by atoms with Gasteiger partial charge in [-0.3, -0.25) is 14.9 Å². The van der Waals surface area contributed by atoms with Crippen molar-refractivity contribution in [2.24, 2.45) is 0 Å². The Morgan fingerprint density at radius 2 is 2.00 bits per heavy atom. The van der Waals surface area contributed by atoms with Gasteiger partial charge in [0, 0.05) is 18.7 Å². The van der Waals surface area contributed by atoms with Crippen LogP contribution in [0.25, 0.3) is 0 Å². The molecule has 2 aromatic carbocycles. The number of phenolic OH excluding ortho intramolecular Hbond substituents is 1. The lowest BCUT2D eigenvalue weighted by molar-refractivity contribution is -0.384. The van der Waals surface area contributed by atoms with Gasteiger partial charge in [-0.05, 0) is 43.9 Å². The van der Waals surface area contributed by atoms with E-state index >= 15 is 0 Å². The number of aliphatic hydroxyl groups excluding tert-OH is 1. The Morgan fingerprint density at radius 1 is 1.23 bits per heavy atom. The Bertz CT molecular complexity index is 1000. The number of nitro benzene ring substituents is 1. The normalized spacial score (nSPS) is 17.6. The predicted octanol–water partition coefficient (Wildman–Crippen LogP) is 3.43. The number of ether oxygens (including phenoxy) is 2. The van der Waals surface area contributed by atoms with Gasteiger partial charge in [0.05, 0.1) is 28.7 Å². The fourth-order valence-corrected chi connectivity index (χ4v) is 4.12. The Labute approximate surface area is 178 Å². The van der Waals surface area contributed by atoms with Crippen molar-refractivity contribution in [3.8, 4) is 17.2 Å². The van der Waals surface area contributed by atoms with Gasteiger partial charge in [0.2, 0.25) is 0 Å². The van der Waals surface area contributed by atoms with Crippen LogP contribution in [0.3, 0.4) is 0 Å². The van der Waals surface area contributed by atoms with Crippen molar-refractivity contribution < 1.29 is 29.4 Å². The summed E-state index contributed by atoms with van der Waals surface area (Å²) in [4.78, 5) is 22.6. The second-order valence-corrected chi connectivity index (χ2v) is 8.05. The van der Waals surface area contributed by atoms with E-state index in [0.29, 0.717) is 23.5 Å². The average molecular weight is 428 g/mol. The van der Waals surface area contributed by atoms with Crippen molar-refractivity contribution in [3.63, 3.8) is 0 Å². The van der Waals surface area contributed by atoms with Gasteiger partial charge >= 0.3 is 0 Å². The third-order valence-electron chi connectivity index (χ3n) is 5.74. The second-order valence-electron chi connectivity index (χ2n) is 8.05. The van der Waals surface area contributed by atoms with Gasteiger partial charge in [0.1, 0.15) is 35.6 Å². The summed E-state index contributed by atoms with van der Waals surface area (Å²) >= 11 is 0. The van der Waals surface area contributed by atoms with E-state index in [4.69, 9.17) is 9.47 Å². The van der Waals surface area contributed by atoms with Crippen molar-refractivity contribution in [1.29, 1.82) is 0 Å². The predicted molar refractivity (Wildman–Crippen MR) is 112 cm³/mol. The summed E-state index contributed by atoms with van der Waals surface area (Å²) in [5.74, 6) is 0.819. The minimum Gasteiger partial charge on any atom is -0.506 e. The molecule has 9 nitrogen and oxygen atoms in total. The molecule has 1 spiro atoms. The van der Waals surface area contributed by atoms with E-state index in [9.17, 15) is 25.1 Å². The Morgan fingerprint density at radius 3 is 2.71 bits per heavy atom. The largest absolute Gasteiger partial charge is 0.506 e. The van der Waals surface area contributed by atoms with E-state index in [1.54, 1.807) is 18.2 Å². The highest BCUT2D eigenvalue weighted by molar-refractivity contribution is 6.00. The van der Waals surface area contributed by atoms with Gasteiger partial charge in [0.15, 0.2) is 5.78 Å². The minimum absolute atomic E-state index is 0.0291. The summed E-state index contributed by atoms with van der Waals surface area (Å²) in [6, 6.07) is 8.73. The van der Waals surface area contributed by atoms with Gasteiger partial charge in [-0.1, -0.05) is 0 Å². The number of anilines is 1. The third-order valence-corrected chi connectivity index (χ3v) is 5.74. The summed E-state index contributed by atoms with van der Waals surface area (Å²) < 4.78 is 11.8. The zero-order valence-corrected chi connectivity index (χ0v) is 16.9. The number of nitro groups is 1. The molecule has 9 heteroatoms. The number of aromatic hydroxyl groups is 1. The smallest absolute Gasteiger partial charge is 0.273 e. The van der Waals surface area contributed by atoms with Crippen LogP contribution in [0.1, 0.15) is 42.5 Å². The molecule has 0 amide bonds. The quantitative estimate of drug-likeness (QED) is 0.347. The summed E-state index contributed by atoms with van der Waals surface area (Å²) in [6.45, 7) is 0.0347. The number of rotatable bonds is 7. The van der Waals surface area contributed by atoms with Gasteiger partial charge < -0.3 is 25.0 Å². The van der Waals surface area contributed by atoms with Crippen LogP contribution in [0.4, 0.5) is 11.4 Å². The topological polar surface area (TPSA) is 131 Å². The number of hydrogen-bond donors (Lipinski definition) is 3. The molecule has 0 bridgehead atoms. The van der Waals surface area contributed by atoms with E-state index in [-0.39, 0.29) is 41.7 Å². The van der Waals surface area contributed by atoms with Crippen LogP contribution in [-0.4, -0.2) is 45.8 Å². The molecule has 0 radical (unpaired) electrons. The molecule has 2 aliphatic rings. The van der Waals surface area contributed by atoms with Crippen LogP contribution in [0.2, 0.25) is 0 Å². The number of carbonyl (C=O) groups is 1. The number of Topliss-reactive ketones (excluding diaryl/α,β-unsaturated/α-hetero) is 1. The first kappa shape index (κ1) is 20.9. The van der Waals surface area contributed by atoms with E-state index in [1.807, 2.05) is 0 Å². The molecule has 0 saturated heterocycles. The number of hydrogen-bond acceptors (Lipinski definition) is 8. The molecule has 1 fully saturated rings. The van der Waals surface area contributed by atoms with Crippen molar-refractivity contribution in [1.82, 2.24) is 0 Å². The highest BCUT2D eigenvalue weighted by atomic mass is 16.6. The van der Waals surface area contributed by atoms with Crippen LogP contribution in [0.15, 0.2) is 36.4 Å². The molecule has 0 aromatic heterocycles. The van der Waals surface area contributed by atoms with Crippen LogP contribution < -0.4 is 14.8 Å². The number of nitrogens with one attached hydrogen (secondary N) is 1. The van der Waals surface area contributed by atoms with Crippen LogP contribution in [0.5, 0.6) is 17.2 Å². The molecule has 3 N–H and O–H groups in total. The first-order chi connectivity index (χ1) is 14.8. The lowest BCUT2D eigenvalue weighted by Gasteiger charge is -2.34. The highest BCUT2D eigenvalue weighted by Crippen LogP contribution is 2.43. The zero-order valence-electron chi connectivity index (χ0n) is 16.9. The number of nitrogens with zero attached hydrogens (tertiary/aromatic N) is 1. The standard InChI is InChI=1S/C22H24N2O7/c25-15(12-23-18-6-3-14(24(28)29)9-19(18)26)13-30-16-4-5-17-20(27)11-22(7-1-2-8-22)31-21(17)10-16/h3-6,9-10,15,23,25-26H,1-2,7-8,11-13H2. The summed E-state index contributed by atoms with van der Waals surface area (Å²) in [6.07, 6.45) is 3.38. The summed E-state index contributed by atoms with van der Waals surface area (Å²) in [5.41, 5.74) is 0.214. The minimum atomic E-state index is -0.908. The molecule has 1 aliphatic heterocycles. The third kappa shape index (κ3) is 4.56. The van der Waals surface area contributed by atoms with Crippen LogP contribution in [-0.2, 0) is 0 Å². The zero-order chi connectivity index (χ0) is 22.0. The monoisotopic (exact) mass is 428 g/mol. The van der Waals surface area contributed by atoms with E-state index in [2.05, 4.69) is 5.32 Å². The maximum Gasteiger partial charge on any atom is 0.273 e. The Hall–Kier alpha value is -3.33. The van der Waals surface area contributed by atoms with E-state index in [1.165, 1.54) is 12.1 Å². The van der Waals surface area contributed by atoms with Gasteiger partial charge in [0.25, 0.3) is 5.69 Å². The maximum absolute atomic E-state index is 12.5. The second kappa shape index (κ2) is 8.43. The Kier molecular flexibility index (Phi) is 5.69. The number of ketones is 1. The van der Waals surface area contributed by atoms with Gasteiger partial charge in [-0.25, -0.2) is 0 Å². The number of phenols is 1. The maximum atomic E-state index is 12.5. The van der Waals surface area contributed by atoms with Crippen molar-refractivity contribution in [3.05, 3.63) is 52.1 Å². The number of benzene rings is 2.